The van der Waals surface area contributed by atoms with E-state index in [1.807, 2.05) is 13.8 Å². The maximum Gasteiger partial charge on any atom is 0.0703 e. The van der Waals surface area contributed by atoms with E-state index in [0.717, 1.165) is 32.4 Å². The zero-order valence-corrected chi connectivity index (χ0v) is 13.5. The molecule has 0 spiro atoms. The molecule has 1 aliphatic rings. The summed E-state index contributed by atoms with van der Waals surface area (Å²) in [5.41, 5.74) is -0.0617. The van der Waals surface area contributed by atoms with Crippen molar-refractivity contribution in [2.45, 2.75) is 64.5 Å². The van der Waals surface area contributed by atoms with Crippen LogP contribution in [0.1, 0.15) is 52.9 Å². The monoisotopic (exact) mass is 287 g/mol. The van der Waals surface area contributed by atoms with E-state index in [9.17, 15) is 5.11 Å². The Labute approximate surface area is 124 Å². The van der Waals surface area contributed by atoms with Crippen LogP contribution in [0.4, 0.5) is 0 Å². The fourth-order valence-electron chi connectivity index (χ4n) is 3.11. The lowest BCUT2D eigenvalue weighted by atomic mass is 9.85. The molecule has 0 heterocycles. The largest absolute Gasteiger partial charge is 0.394 e. The van der Waals surface area contributed by atoms with E-state index >= 15 is 0 Å². The van der Waals surface area contributed by atoms with Gasteiger partial charge in [0, 0.05) is 12.1 Å². The minimum atomic E-state index is -0.0617. The Morgan fingerprint density at radius 2 is 2.10 bits per heavy atom. The molecule has 0 radical (unpaired) electrons. The molecule has 1 fully saturated rings. The second-order valence-corrected chi connectivity index (χ2v) is 6.15. The van der Waals surface area contributed by atoms with Crippen LogP contribution in [0, 0.1) is 5.92 Å². The van der Waals surface area contributed by atoms with Crippen LogP contribution in [0.25, 0.3) is 0 Å². The molecule has 0 aromatic rings. The van der Waals surface area contributed by atoms with Gasteiger partial charge in [-0.15, -0.1) is 0 Å². The average Bonchev–Trinajstić information content (AvgIpc) is 2.83. The molecule has 0 bridgehead atoms. The number of rotatable bonds is 11. The third-order valence-electron chi connectivity index (χ3n) is 4.26. The Kier molecular flexibility index (Phi) is 8.69. The van der Waals surface area contributed by atoms with Gasteiger partial charge in [0.15, 0.2) is 0 Å². The molecule has 4 nitrogen and oxygen atoms in total. The normalized spacial score (nSPS) is 26.6. The van der Waals surface area contributed by atoms with Gasteiger partial charge in [0.05, 0.1) is 25.9 Å². The Balaban J connectivity index is 2.23. The summed E-state index contributed by atoms with van der Waals surface area (Å²) in [6.45, 7) is 9.57. The molecule has 2 unspecified atom stereocenters. The van der Waals surface area contributed by atoms with Crippen LogP contribution in [0.2, 0.25) is 0 Å². The van der Waals surface area contributed by atoms with Crippen LogP contribution in [0.15, 0.2) is 0 Å². The molecule has 1 saturated carbocycles. The minimum absolute atomic E-state index is 0.0617. The Hall–Kier alpha value is -0.160. The van der Waals surface area contributed by atoms with E-state index in [-0.39, 0.29) is 18.2 Å². The summed E-state index contributed by atoms with van der Waals surface area (Å²) in [6.07, 6.45) is 5.90. The standard InChI is InChI=1S/C16H33NO3/c1-4-9-17-16(13-18)8-5-6-15(16)7-10-19-11-12-20-14(2)3/h14-15,17-18H,4-13H2,1-3H3. The molecular formula is C16H33NO3. The molecule has 0 aromatic carbocycles. The van der Waals surface area contributed by atoms with Gasteiger partial charge in [0.2, 0.25) is 0 Å². The number of hydrogen-bond donors (Lipinski definition) is 2. The van der Waals surface area contributed by atoms with E-state index in [1.54, 1.807) is 0 Å². The third-order valence-corrected chi connectivity index (χ3v) is 4.26. The molecule has 0 saturated heterocycles. The molecule has 0 aliphatic heterocycles. The second-order valence-electron chi connectivity index (χ2n) is 6.15. The highest BCUT2D eigenvalue weighted by molar-refractivity contribution is 4.98. The molecule has 2 atom stereocenters. The second kappa shape index (κ2) is 9.72. The van der Waals surface area contributed by atoms with Crippen LogP contribution in [-0.2, 0) is 9.47 Å². The molecule has 0 amide bonds. The average molecular weight is 287 g/mol. The summed E-state index contributed by atoms with van der Waals surface area (Å²) in [5, 5.41) is 13.4. The number of ether oxygens (including phenoxy) is 2. The predicted octanol–water partition coefficient (Wildman–Crippen LogP) is 2.35. The molecule has 1 rings (SSSR count). The van der Waals surface area contributed by atoms with Gasteiger partial charge in [0.1, 0.15) is 0 Å². The van der Waals surface area contributed by atoms with Crippen molar-refractivity contribution in [1.82, 2.24) is 5.32 Å². The lowest BCUT2D eigenvalue weighted by Gasteiger charge is -2.35. The van der Waals surface area contributed by atoms with Gasteiger partial charge in [-0.3, -0.25) is 0 Å². The number of aliphatic hydroxyl groups excluding tert-OH is 1. The quantitative estimate of drug-likeness (QED) is 0.573. The van der Waals surface area contributed by atoms with Crippen molar-refractivity contribution in [3.63, 3.8) is 0 Å². The van der Waals surface area contributed by atoms with Crippen molar-refractivity contribution in [3.05, 3.63) is 0 Å². The van der Waals surface area contributed by atoms with Crippen LogP contribution in [0.5, 0.6) is 0 Å². The summed E-state index contributed by atoms with van der Waals surface area (Å²) in [5.74, 6) is 0.532. The maximum absolute atomic E-state index is 9.79. The summed E-state index contributed by atoms with van der Waals surface area (Å²) < 4.78 is 11.1. The first kappa shape index (κ1) is 17.9. The minimum Gasteiger partial charge on any atom is -0.394 e. The first-order chi connectivity index (χ1) is 9.64. The highest BCUT2D eigenvalue weighted by Crippen LogP contribution is 2.37. The van der Waals surface area contributed by atoms with Crippen molar-refractivity contribution in [2.24, 2.45) is 5.92 Å². The summed E-state index contributed by atoms with van der Waals surface area (Å²) in [6, 6.07) is 0. The topological polar surface area (TPSA) is 50.7 Å². The molecular weight excluding hydrogens is 254 g/mol. The maximum atomic E-state index is 9.79. The molecule has 120 valence electrons. The Morgan fingerprint density at radius 1 is 1.30 bits per heavy atom. The molecule has 4 heteroatoms. The van der Waals surface area contributed by atoms with Crippen molar-refractivity contribution in [3.8, 4) is 0 Å². The number of nitrogens with one attached hydrogen (secondary N) is 1. The van der Waals surface area contributed by atoms with Crippen LogP contribution in [-0.4, -0.2) is 49.7 Å². The van der Waals surface area contributed by atoms with Crippen molar-refractivity contribution in [1.29, 1.82) is 0 Å². The predicted molar refractivity (Wildman–Crippen MR) is 82.0 cm³/mol. The summed E-state index contributed by atoms with van der Waals surface area (Å²) in [4.78, 5) is 0. The van der Waals surface area contributed by atoms with Crippen molar-refractivity contribution < 1.29 is 14.6 Å². The first-order valence-corrected chi connectivity index (χ1v) is 8.20. The molecule has 1 aliphatic carbocycles. The van der Waals surface area contributed by atoms with Gasteiger partial charge in [0.25, 0.3) is 0 Å². The highest BCUT2D eigenvalue weighted by atomic mass is 16.5. The molecule has 2 N–H and O–H groups in total. The van der Waals surface area contributed by atoms with Gasteiger partial charge in [-0.1, -0.05) is 13.3 Å². The van der Waals surface area contributed by atoms with E-state index in [0.29, 0.717) is 19.1 Å². The summed E-state index contributed by atoms with van der Waals surface area (Å²) >= 11 is 0. The van der Waals surface area contributed by atoms with Gasteiger partial charge < -0.3 is 19.9 Å². The van der Waals surface area contributed by atoms with Gasteiger partial charge in [-0.2, -0.15) is 0 Å². The van der Waals surface area contributed by atoms with Crippen molar-refractivity contribution >= 4 is 0 Å². The van der Waals surface area contributed by atoms with E-state index < -0.39 is 0 Å². The Morgan fingerprint density at radius 3 is 2.75 bits per heavy atom. The van der Waals surface area contributed by atoms with Crippen molar-refractivity contribution in [2.75, 3.05) is 33.0 Å². The molecule has 0 aromatic heterocycles. The summed E-state index contributed by atoms with van der Waals surface area (Å²) in [7, 11) is 0. The fraction of sp³-hybridized carbons (Fsp3) is 1.00. The SMILES string of the molecule is CCCNC1(CO)CCCC1CCOCCOC(C)C. The first-order valence-electron chi connectivity index (χ1n) is 8.20. The van der Waals surface area contributed by atoms with Crippen LogP contribution < -0.4 is 5.32 Å². The van der Waals surface area contributed by atoms with Gasteiger partial charge >= 0.3 is 0 Å². The number of hydrogen-bond acceptors (Lipinski definition) is 4. The highest BCUT2D eigenvalue weighted by Gasteiger charge is 2.41. The van der Waals surface area contributed by atoms with E-state index in [1.165, 1.54) is 12.8 Å². The molecule has 20 heavy (non-hydrogen) atoms. The zero-order valence-electron chi connectivity index (χ0n) is 13.5. The third kappa shape index (κ3) is 5.68. The lowest BCUT2D eigenvalue weighted by Crippen LogP contribution is -2.51. The van der Waals surface area contributed by atoms with E-state index in [4.69, 9.17) is 9.47 Å². The smallest absolute Gasteiger partial charge is 0.0703 e. The van der Waals surface area contributed by atoms with Crippen LogP contribution in [0.3, 0.4) is 0 Å². The lowest BCUT2D eigenvalue weighted by molar-refractivity contribution is 0.0118. The zero-order chi connectivity index (χ0) is 14.8. The van der Waals surface area contributed by atoms with Gasteiger partial charge in [-0.05, 0) is 52.0 Å². The fourth-order valence-corrected chi connectivity index (χ4v) is 3.11. The number of aliphatic hydroxyl groups is 1. The van der Waals surface area contributed by atoms with E-state index in [2.05, 4.69) is 12.2 Å². The van der Waals surface area contributed by atoms with Crippen LogP contribution >= 0.6 is 0 Å². The van der Waals surface area contributed by atoms with Gasteiger partial charge in [-0.25, -0.2) is 0 Å². The Bertz CT molecular complexity index is 248.